The van der Waals surface area contributed by atoms with Crippen molar-refractivity contribution in [3.05, 3.63) is 34.1 Å². The van der Waals surface area contributed by atoms with Crippen molar-refractivity contribution in [2.24, 2.45) is 0 Å². The van der Waals surface area contributed by atoms with Crippen LogP contribution in [0.1, 0.15) is 0 Å². The maximum absolute atomic E-state index is 13.6. The SMILES string of the molecule is O=C(Nc1c(F)cccc1[N+](=O)[O-])C1CSCCN1. The molecule has 0 radical (unpaired) electrons. The van der Waals surface area contributed by atoms with E-state index in [1.165, 1.54) is 6.07 Å². The molecule has 0 spiro atoms. The van der Waals surface area contributed by atoms with Crippen LogP contribution >= 0.6 is 11.8 Å². The third-order valence-electron chi connectivity index (χ3n) is 2.67. The first-order valence-electron chi connectivity index (χ1n) is 5.64. The molecule has 1 heterocycles. The van der Waals surface area contributed by atoms with Gasteiger partial charge >= 0.3 is 0 Å². The van der Waals surface area contributed by atoms with Gasteiger partial charge in [0.2, 0.25) is 5.91 Å². The molecule has 1 saturated heterocycles. The summed E-state index contributed by atoms with van der Waals surface area (Å²) in [6.45, 7) is 0.683. The van der Waals surface area contributed by atoms with Gasteiger partial charge in [-0.2, -0.15) is 11.8 Å². The number of anilines is 1. The average molecular weight is 285 g/mol. The zero-order chi connectivity index (χ0) is 13.8. The normalized spacial score (nSPS) is 18.9. The number of thioether (sulfide) groups is 1. The average Bonchev–Trinajstić information content (AvgIpc) is 2.41. The number of carbonyl (C=O) groups excluding carboxylic acids is 1. The van der Waals surface area contributed by atoms with Crippen LogP contribution in [0.2, 0.25) is 0 Å². The topological polar surface area (TPSA) is 84.3 Å². The Kier molecular flexibility index (Phi) is 4.33. The number of para-hydroxylation sites is 1. The highest BCUT2D eigenvalue weighted by Gasteiger charge is 2.25. The molecule has 102 valence electrons. The summed E-state index contributed by atoms with van der Waals surface area (Å²) in [6.07, 6.45) is 0. The van der Waals surface area contributed by atoms with E-state index >= 15 is 0 Å². The molecule has 19 heavy (non-hydrogen) atoms. The van der Waals surface area contributed by atoms with Gasteiger partial charge in [0.05, 0.1) is 11.0 Å². The second-order valence-electron chi connectivity index (χ2n) is 3.96. The van der Waals surface area contributed by atoms with Crippen LogP contribution in [0.3, 0.4) is 0 Å². The minimum atomic E-state index is -0.814. The maximum Gasteiger partial charge on any atom is 0.295 e. The zero-order valence-corrected chi connectivity index (χ0v) is 10.7. The summed E-state index contributed by atoms with van der Waals surface area (Å²) in [6, 6.07) is 3.00. The molecular formula is C11H12FN3O3S. The first kappa shape index (κ1) is 13.8. The number of nitro groups is 1. The number of carbonyl (C=O) groups is 1. The summed E-state index contributed by atoms with van der Waals surface area (Å²) >= 11 is 1.61. The molecule has 0 saturated carbocycles. The van der Waals surface area contributed by atoms with Gasteiger partial charge in [0, 0.05) is 24.1 Å². The van der Waals surface area contributed by atoms with Gasteiger partial charge in [-0.15, -0.1) is 0 Å². The van der Waals surface area contributed by atoms with Gasteiger partial charge in [-0.3, -0.25) is 14.9 Å². The molecule has 1 aliphatic heterocycles. The van der Waals surface area contributed by atoms with Crippen molar-refractivity contribution in [1.29, 1.82) is 0 Å². The lowest BCUT2D eigenvalue weighted by atomic mass is 10.2. The molecule has 0 bridgehead atoms. The van der Waals surface area contributed by atoms with Crippen LogP contribution in [0, 0.1) is 15.9 Å². The monoisotopic (exact) mass is 285 g/mol. The predicted molar refractivity (Wildman–Crippen MR) is 70.8 cm³/mol. The Morgan fingerprint density at radius 1 is 1.58 bits per heavy atom. The van der Waals surface area contributed by atoms with Gasteiger partial charge < -0.3 is 10.6 Å². The van der Waals surface area contributed by atoms with Crippen molar-refractivity contribution in [1.82, 2.24) is 5.32 Å². The molecule has 2 rings (SSSR count). The highest BCUT2D eigenvalue weighted by atomic mass is 32.2. The zero-order valence-electron chi connectivity index (χ0n) is 9.89. The summed E-state index contributed by atoms with van der Waals surface area (Å²) in [4.78, 5) is 22.0. The van der Waals surface area contributed by atoms with Gasteiger partial charge in [0.1, 0.15) is 0 Å². The lowest BCUT2D eigenvalue weighted by Gasteiger charge is -2.22. The van der Waals surface area contributed by atoms with Crippen molar-refractivity contribution in [3.63, 3.8) is 0 Å². The second-order valence-corrected chi connectivity index (χ2v) is 5.11. The van der Waals surface area contributed by atoms with Crippen LogP contribution in [0.4, 0.5) is 15.8 Å². The minimum Gasteiger partial charge on any atom is -0.317 e. The molecule has 1 amide bonds. The van der Waals surface area contributed by atoms with Crippen molar-refractivity contribution in [2.75, 3.05) is 23.4 Å². The minimum absolute atomic E-state index is 0.380. The molecule has 1 fully saturated rings. The highest BCUT2D eigenvalue weighted by Crippen LogP contribution is 2.27. The number of nitro benzene ring substituents is 1. The summed E-state index contributed by atoms with van der Waals surface area (Å²) < 4.78 is 13.6. The van der Waals surface area contributed by atoms with Gasteiger partial charge in [-0.1, -0.05) is 6.07 Å². The second kappa shape index (κ2) is 5.98. The molecule has 1 atom stereocenters. The number of hydrogen-bond donors (Lipinski definition) is 2. The lowest BCUT2D eigenvalue weighted by molar-refractivity contribution is -0.384. The predicted octanol–water partition coefficient (Wildman–Crippen LogP) is 1.38. The molecule has 1 aromatic rings. The fourth-order valence-electron chi connectivity index (χ4n) is 1.73. The highest BCUT2D eigenvalue weighted by molar-refractivity contribution is 7.99. The van der Waals surface area contributed by atoms with Gasteiger partial charge in [-0.25, -0.2) is 4.39 Å². The van der Waals surface area contributed by atoms with Crippen molar-refractivity contribution in [3.8, 4) is 0 Å². The van der Waals surface area contributed by atoms with Gasteiger partial charge in [-0.05, 0) is 6.07 Å². The summed E-state index contributed by atoms with van der Waals surface area (Å²) in [5.41, 5.74) is -0.827. The summed E-state index contributed by atoms with van der Waals surface area (Å²) in [5, 5.41) is 16.1. The van der Waals surface area contributed by atoms with Crippen molar-refractivity contribution < 1.29 is 14.1 Å². The molecule has 1 aliphatic rings. The van der Waals surface area contributed by atoms with Crippen LogP contribution in [-0.2, 0) is 4.79 Å². The van der Waals surface area contributed by atoms with E-state index in [1.54, 1.807) is 11.8 Å². The molecule has 2 N–H and O–H groups in total. The fourth-order valence-corrected chi connectivity index (χ4v) is 2.67. The van der Waals surface area contributed by atoms with E-state index in [2.05, 4.69) is 10.6 Å². The van der Waals surface area contributed by atoms with Crippen LogP contribution in [0.5, 0.6) is 0 Å². The fraction of sp³-hybridized carbons (Fsp3) is 0.364. The smallest absolute Gasteiger partial charge is 0.295 e. The molecule has 1 unspecified atom stereocenters. The van der Waals surface area contributed by atoms with Gasteiger partial charge in [0.15, 0.2) is 11.5 Å². The number of rotatable bonds is 3. The molecule has 0 aliphatic carbocycles. The van der Waals surface area contributed by atoms with E-state index in [0.29, 0.717) is 12.3 Å². The number of halogens is 1. The standard InChI is InChI=1S/C11H12FN3O3S/c12-7-2-1-3-9(15(17)18)10(7)14-11(16)8-6-19-5-4-13-8/h1-3,8,13H,4-6H2,(H,14,16). The molecule has 0 aromatic heterocycles. The van der Waals surface area contributed by atoms with E-state index in [1.807, 2.05) is 0 Å². The third-order valence-corrected chi connectivity index (χ3v) is 3.74. The van der Waals surface area contributed by atoms with Crippen molar-refractivity contribution >= 4 is 29.0 Å². The lowest BCUT2D eigenvalue weighted by Crippen LogP contribution is -2.46. The molecular weight excluding hydrogens is 273 g/mol. The number of nitrogens with zero attached hydrogens (tertiary/aromatic N) is 1. The first-order chi connectivity index (χ1) is 9.09. The molecule has 1 aromatic carbocycles. The quantitative estimate of drug-likeness (QED) is 0.647. The third kappa shape index (κ3) is 3.21. The van der Waals surface area contributed by atoms with E-state index in [0.717, 1.165) is 17.9 Å². The number of hydrogen-bond acceptors (Lipinski definition) is 5. The number of benzene rings is 1. The largest absolute Gasteiger partial charge is 0.317 e. The summed E-state index contributed by atoms with van der Waals surface area (Å²) in [5.74, 6) is 0.198. The molecule has 8 heteroatoms. The van der Waals surface area contributed by atoms with Crippen LogP contribution in [0.15, 0.2) is 18.2 Å². The summed E-state index contributed by atoms with van der Waals surface area (Å²) in [7, 11) is 0. The first-order valence-corrected chi connectivity index (χ1v) is 6.80. The number of nitrogens with one attached hydrogen (secondary N) is 2. The Hall–Kier alpha value is -1.67. The van der Waals surface area contributed by atoms with Crippen molar-refractivity contribution in [2.45, 2.75) is 6.04 Å². The Morgan fingerprint density at radius 3 is 3.00 bits per heavy atom. The Bertz CT molecular complexity index is 506. The van der Waals surface area contributed by atoms with E-state index in [-0.39, 0.29) is 5.69 Å². The Balaban J connectivity index is 2.18. The van der Waals surface area contributed by atoms with Crippen LogP contribution in [0.25, 0.3) is 0 Å². The maximum atomic E-state index is 13.6. The van der Waals surface area contributed by atoms with E-state index in [4.69, 9.17) is 0 Å². The Morgan fingerprint density at radius 2 is 2.37 bits per heavy atom. The molecule has 6 nitrogen and oxygen atoms in total. The van der Waals surface area contributed by atoms with Crippen LogP contribution in [-0.4, -0.2) is 34.9 Å². The number of amides is 1. The Labute approximate surface area is 112 Å². The van der Waals surface area contributed by atoms with E-state index < -0.39 is 28.4 Å². The van der Waals surface area contributed by atoms with Crippen LogP contribution < -0.4 is 10.6 Å². The van der Waals surface area contributed by atoms with E-state index in [9.17, 15) is 19.3 Å². The van der Waals surface area contributed by atoms with Gasteiger partial charge in [0.25, 0.3) is 5.69 Å².